The van der Waals surface area contributed by atoms with E-state index in [9.17, 15) is 0 Å². The van der Waals surface area contributed by atoms with Crippen molar-refractivity contribution in [2.24, 2.45) is 10.2 Å². The fourth-order valence-electron chi connectivity index (χ4n) is 6.15. The SMILES string of the molecule is c1ccc(N(C2=C(c3ccccc3-c3ccc(Nc4ccc(N(c5ccccc5)c5ccccc5)cc4)cc3)N=N2)c2ccccc2)cc1. The third-order valence-electron chi connectivity index (χ3n) is 8.52. The zero-order valence-corrected chi connectivity index (χ0v) is 26.8. The summed E-state index contributed by atoms with van der Waals surface area (Å²) in [7, 11) is 0. The normalized spacial score (nSPS) is 11.9. The molecule has 0 aromatic heterocycles. The summed E-state index contributed by atoms with van der Waals surface area (Å²) in [6.07, 6.45) is 0. The lowest BCUT2D eigenvalue weighted by Crippen LogP contribution is -2.19. The second-order valence-corrected chi connectivity index (χ2v) is 11.7. The van der Waals surface area contributed by atoms with E-state index in [0.717, 1.165) is 68.0 Å². The van der Waals surface area contributed by atoms with Gasteiger partial charge in [-0.05, 0) is 96.1 Å². The minimum Gasteiger partial charge on any atom is -0.356 e. The van der Waals surface area contributed by atoms with Crippen molar-refractivity contribution in [1.29, 1.82) is 0 Å². The average Bonchev–Trinajstić information content (AvgIpc) is 3.16. The van der Waals surface area contributed by atoms with Gasteiger partial charge in [0.2, 0.25) is 0 Å². The van der Waals surface area contributed by atoms with Crippen LogP contribution in [0.25, 0.3) is 16.8 Å². The molecule has 0 aliphatic carbocycles. The molecule has 234 valence electrons. The Morgan fingerprint density at radius 2 is 0.714 bits per heavy atom. The molecule has 1 heterocycles. The first-order valence-corrected chi connectivity index (χ1v) is 16.4. The van der Waals surface area contributed by atoms with Crippen LogP contribution in [0, 0.1) is 0 Å². The van der Waals surface area contributed by atoms with Crippen molar-refractivity contribution >= 4 is 45.5 Å². The number of hydrogen-bond donors (Lipinski definition) is 1. The van der Waals surface area contributed by atoms with Crippen molar-refractivity contribution in [3.63, 3.8) is 0 Å². The molecule has 0 bridgehead atoms. The van der Waals surface area contributed by atoms with Crippen LogP contribution in [0.5, 0.6) is 0 Å². The van der Waals surface area contributed by atoms with Gasteiger partial charge in [0.05, 0.1) is 0 Å². The van der Waals surface area contributed by atoms with Crippen LogP contribution in [0.2, 0.25) is 0 Å². The quantitative estimate of drug-likeness (QED) is 0.163. The molecule has 8 rings (SSSR count). The lowest BCUT2D eigenvalue weighted by Gasteiger charge is -2.29. The zero-order valence-electron chi connectivity index (χ0n) is 26.8. The Morgan fingerprint density at radius 3 is 1.16 bits per heavy atom. The van der Waals surface area contributed by atoms with Crippen molar-refractivity contribution in [1.82, 2.24) is 0 Å². The molecule has 1 N–H and O–H groups in total. The first kappa shape index (κ1) is 29.7. The molecular weight excluding hydrogens is 599 g/mol. The molecule has 0 unspecified atom stereocenters. The van der Waals surface area contributed by atoms with Crippen LogP contribution in [0.15, 0.2) is 210 Å². The van der Waals surface area contributed by atoms with E-state index < -0.39 is 0 Å². The van der Waals surface area contributed by atoms with Crippen LogP contribution in [-0.2, 0) is 0 Å². The predicted octanol–water partition coefficient (Wildman–Crippen LogP) is 12.5. The van der Waals surface area contributed by atoms with Gasteiger partial charge < -0.3 is 10.2 Å². The highest BCUT2D eigenvalue weighted by atomic mass is 15.4. The Bertz CT molecular complexity index is 2140. The third kappa shape index (κ3) is 6.21. The van der Waals surface area contributed by atoms with Gasteiger partial charge >= 0.3 is 0 Å². The average molecular weight is 632 g/mol. The Balaban J connectivity index is 1.05. The monoisotopic (exact) mass is 631 g/mol. The molecule has 0 saturated carbocycles. The number of para-hydroxylation sites is 4. The Kier molecular flexibility index (Phi) is 8.21. The molecule has 5 heteroatoms. The number of rotatable bonds is 10. The summed E-state index contributed by atoms with van der Waals surface area (Å²) in [6, 6.07) is 67.0. The smallest absolute Gasteiger partial charge is 0.188 e. The summed E-state index contributed by atoms with van der Waals surface area (Å²) < 4.78 is 0. The van der Waals surface area contributed by atoms with Crippen LogP contribution < -0.4 is 15.1 Å². The Morgan fingerprint density at radius 1 is 0.327 bits per heavy atom. The molecule has 49 heavy (non-hydrogen) atoms. The number of anilines is 7. The summed E-state index contributed by atoms with van der Waals surface area (Å²) >= 11 is 0. The van der Waals surface area contributed by atoms with E-state index in [-0.39, 0.29) is 0 Å². The maximum atomic E-state index is 4.56. The van der Waals surface area contributed by atoms with Gasteiger partial charge in [0.25, 0.3) is 0 Å². The van der Waals surface area contributed by atoms with Gasteiger partial charge in [-0.1, -0.05) is 109 Å². The van der Waals surface area contributed by atoms with Crippen LogP contribution in [0.3, 0.4) is 0 Å². The van der Waals surface area contributed by atoms with Crippen molar-refractivity contribution < 1.29 is 0 Å². The summed E-state index contributed by atoms with van der Waals surface area (Å²) in [5.41, 5.74) is 11.5. The van der Waals surface area contributed by atoms with Crippen molar-refractivity contribution in [3.05, 3.63) is 206 Å². The second-order valence-electron chi connectivity index (χ2n) is 11.7. The molecular formula is C44H33N5. The lowest BCUT2D eigenvalue weighted by molar-refractivity contribution is 0.969. The van der Waals surface area contributed by atoms with E-state index in [4.69, 9.17) is 0 Å². The number of nitrogens with one attached hydrogen (secondary N) is 1. The summed E-state index contributed by atoms with van der Waals surface area (Å²) in [4.78, 5) is 4.42. The fourth-order valence-corrected chi connectivity index (χ4v) is 6.15. The molecule has 0 atom stereocenters. The predicted molar refractivity (Wildman–Crippen MR) is 203 cm³/mol. The molecule has 7 aromatic carbocycles. The zero-order chi connectivity index (χ0) is 32.8. The molecule has 5 nitrogen and oxygen atoms in total. The first-order valence-electron chi connectivity index (χ1n) is 16.4. The maximum Gasteiger partial charge on any atom is 0.188 e. The van der Waals surface area contributed by atoms with Crippen LogP contribution in [0.1, 0.15) is 5.56 Å². The number of nitrogens with zero attached hydrogens (tertiary/aromatic N) is 4. The van der Waals surface area contributed by atoms with Crippen LogP contribution >= 0.6 is 0 Å². The summed E-state index contributed by atoms with van der Waals surface area (Å²) in [5.74, 6) is 0.824. The topological polar surface area (TPSA) is 43.2 Å². The van der Waals surface area contributed by atoms with Gasteiger partial charge in [0, 0.05) is 45.4 Å². The third-order valence-corrected chi connectivity index (χ3v) is 8.52. The fraction of sp³-hybridized carbons (Fsp3) is 0. The van der Waals surface area contributed by atoms with E-state index in [1.165, 1.54) is 0 Å². The molecule has 0 saturated heterocycles. The lowest BCUT2D eigenvalue weighted by atomic mass is 9.96. The number of hydrogen-bond acceptors (Lipinski definition) is 5. The number of azo groups is 1. The molecule has 1 aliphatic heterocycles. The maximum absolute atomic E-state index is 4.56. The molecule has 0 amide bonds. The summed E-state index contributed by atoms with van der Waals surface area (Å²) in [6.45, 7) is 0. The highest BCUT2D eigenvalue weighted by Crippen LogP contribution is 2.42. The van der Waals surface area contributed by atoms with Crippen LogP contribution in [-0.4, -0.2) is 0 Å². The van der Waals surface area contributed by atoms with Gasteiger partial charge in [0.1, 0.15) is 5.70 Å². The van der Waals surface area contributed by atoms with Gasteiger partial charge in [-0.2, -0.15) is 0 Å². The Hall–Kier alpha value is -6.72. The molecule has 0 spiro atoms. The van der Waals surface area contributed by atoms with E-state index in [1.54, 1.807) is 0 Å². The molecule has 7 aromatic rings. The summed E-state index contributed by atoms with van der Waals surface area (Å²) in [5, 5.41) is 12.7. The highest BCUT2D eigenvalue weighted by molar-refractivity contribution is 5.87. The minimum atomic E-state index is 0.824. The molecule has 0 fully saturated rings. The molecule has 1 aliphatic rings. The van der Waals surface area contributed by atoms with Gasteiger partial charge in [-0.3, -0.25) is 4.90 Å². The van der Waals surface area contributed by atoms with E-state index >= 15 is 0 Å². The van der Waals surface area contributed by atoms with Gasteiger partial charge in [-0.25, -0.2) is 0 Å². The van der Waals surface area contributed by atoms with Crippen LogP contribution in [0.4, 0.5) is 39.8 Å². The van der Waals surface area contributed by atoms with E-state index in [2.05, 4.69) is 171 Å². The highest BCUT2D eigenvalue weighted by Gasteiger charge is 2.27. The van der Waals surface area contributed by atoms with Crippen molar-refractivity contribution in [3.8, 4) is 11.1 Å². The van der Waals surface area contributed by atoms with Crippen molar-refractivity contribution in [2.75, 3.05) is 15.1 Å². The molecule has 0 radical (unpaired) electrons. The number of benzene rings is 7. The van der Waals surface area contributed by atoms with E-state index in [1.807, 2.05) is 48.5 Å². The van der Waals surface area contributed by atoms with Crippen molar-refractivity contribution in [2.45, 2.75) is 0 Å². The second kappa shape index (κ2) is 13.6. The standard InChI is InChI=1S/C44H33N5/c1-5-15-36(16-6-1)48(37-17-7-2-8-18-37)40-31-29-35(30-32-40)45-34-27-25-33(26-28-34)41-23-13-14-24-42(41)43-44(47-46-43)49(38-19-9-3-10-20-38)39-21-11-4-12-22-39/h1-32,45H. The first-order chi connectivity index (χ1) is 24.3. The Labute approximate surface area is 286 Å². The largest absolute Gasteiger partial charge is 0.356 e. The van der Waals surface area contributed by atoms with E-state index in [0.29, 0.717) is 0 Å². The van der Waals surface area contributed by atoms with Gasteiger partial charge in [-0.15, -0.1) is 10.2 Å². The minimum absolute atomic E-state index is 0.824. The van der Waals surface area contributed by atoms with Gasteiger partial charge in [0.15, 0.2) is 5.82 Å².